The number of allylic oxidation sites excluding steroid dienone is 1. The minimum Gasteiger partial charge on any atom is -0.501 e. The molecule has 3 heterocycles. The number of rotatable bonds is 3. The van der Waals surface area contributed by atoms with Gasteiger partial charge in [-0.2, -0.15) is 0 Å². The van der Waals surface area contributed by atoms with Crippen molar-refractivity contribution < 1.29 is 14.3 Å². The van der Waals surface area contributed by atoms with Crippen LogP contribution in [0.2, 0.25) is 0 Å². The van der Waals surface area contributed by atoms with Gasteiger partial charge in [0.25, 0.3) is 11.5 Å². The highest BCUT2D eigenvalue weighted by Crippen LogP contribution is 2.07. The zero-order chi connectivity index (χ0) is 22.1. The van der Waals surface area contributed by atoms with E-state index in [2.05, 4.69) is 39.0 Å². The minimum absolute atomic E-state index is 0.115. The molecule has 1 aliphatic heterocycles. The highest BCUT2D eigenvalue weighted by atomic mass is 16.5. The minimum atomic E-state index is -0.766. The first-order valence-corrected chi connectivity index (χ1v) is 8.79. The van der Waals surface area contributed by atoms with E-state index in [4.69, 9.17) is 4.74 Å². The highest BCUT2D eigenvalue weighted by Gasteiger charge is 2.27. The zero-order valence-corrected chi connectivity index (χ0v) is 16.8. The number of urea groups is 1. The predicted molar refractivity (Wildman–Crippen MR) is 112 cm³/mol. The number of imide groups is 1. The number of carbonyl (C=O) groups excluding carboxylic acids is 2. The molecule has 1 saturated heterocycles. The van der Waals surface area contributed by atoms with Crippen LogP contribution >= 0.6 is 0 Å². The number of aromatic nitrogens is 3. The molecule has 0 spiro atoms. The van der Waals surface area contributed by atoms with Crippen LogP contribution in [0.3, 0.4) is 0 Å². The Morgan fingerprint density at radius 3 is 2.70 bits per heavy atom. The van der Waals surface area contributed by atoms with E-state index >= 15 is 0 Å². The van der Waals surface area contributed by atoms with Gasteiger partial charge in [0.15, 0.2) is 6.04 Å². The topological polar surface area (TPSA) is 115 Å². The lowest BCUT2D eigenvalue weighted by Gasteiger charge is -2.04. The Bertz CT molecular complexity index is 1090. The number of aryl methyl sites for hydroxylation is 1. The van der Waals surface area contributed by atoms with Gasteiger partial charge in [-0.25, -0.2) is 9.78 Å². The maximum Gasteiger partial charge on any atom is 0.322 e. The van der Waals surface area contributed by atoms with E-state index in [9.17, 15) is 14.4 Å². The molecule has 1 fully saturated rings. The third-order valence-corrected chi connectivity index (χ3v) is 3.86. The molecule has 0 aromatic carbocycles. The van der Waals surface area contributed by atoms with Crippen molar-refractivity contribution in [3.8, 4) is 11.8 Å². The lowest BCUT2D eigenvalue weighted by atomic mass is 10.2. The molecule has 2 aromatic heterocycles. The van der Waals surface area contributed by atoms with Crippen LogP contribution in [0.25, 0.3) is 12.2 Å². The average molecular weight is 407 g/mol. The van der Waals surface area contributed by atoms with Crippen LogP contribution < -0.4 is 16.2 Å². The summed E-state index contributed by atoms with van der Waals surface area (Å²) in [6, 6.07) is 2.25. The maximum absolute atomic E-state index is 11.8. The van der Waals surface area contributed by atoms with Crippen LogP contribution in [0.4, 0.5) is 4.79 Å². The molecule has 1 aliphatic rings. The number of hydrogen-bond acceptors (Lipinski definition) is 6. The second kappa shape index (κ2) is 10.4. The Morgan fingerprint density at radius 2 is 2.13 bits per heavy atom. The first kappa shape index (κ1) is 22.1. The van der Waals surface area contributed by atoms with Crippen molar-refractivity contribution in [2.45, 2.75) is 13.0 Å². The zero-order valence-electron chi connectivity index (χ0n) is 16.8. The first-order valence-electron chi connectivity index (χ1n) is 8.79. The van der Waals surface area contributed by atoms with E-state index in [0.717, 1.165) is 0 Å². The molecule has 9 heteroatoms. The summed E-state index contributed by atoms with van der Waals surface area (Å²) in [4.78, 5) is 41.6. The number of nitrogens with one attached hydrogen (secondary N) is 2. The third-order valence-electron chi connectivity index (χ3n) is 3.86. The van der Waals surface area contributed by atoms with Gasteiger partial charge in [-0.1, -0.05) is 18.4 Å². The fourth-order valence-corrected chi connectivity index (χ4v) is 2.24. The lowest BCUT2D eigenvalue weighted by molar-refractivity contribution is -0.119. The van der Waals surface area contributed by atoms with Crippen LogP contribution in [0.15, 0.2) is 48.0 Å². The molecule has 3 rings (SSSR count). The summed E-state index contributed by atoms with van der Waals surface area (Å²) < 4.78 is 6.42. The number of amides is 3. The number of methoxy groups -OCH3 is 1. The van der Waals surface area contributed by atoms with E-state index in [0.29, 0.717) is 22.6 Å². The molecule has 2 N–H and O–H groups in total. The Kier molecular flexibility index (Phi) is 7.65. The summed E-state index contributed by atoms with van der Waals surface area (Å²) in [7, 11) is 3.21. The first-order chi connectivity index (χ1) is 14.3. The summed E-state index contributed by atoms with van der Waals surface area (Å²) in [5, 5.41) is 4.48. The van der Waals surface area contributed by atoms with Gasteiger partial charge >= 0.3 is 6.03 Å². The average Bonchev–Trinajstić information content (AvgIpc) is 3.08. The van der Waals surface area contributed by atoms with Crippen molar-refractivity contribution in [1.29, 1.82) is 0 Å². The molecule has 0 bridgehead atoms. The SMILES string of the molecule is C=Cc1ncn(C)c(=O)c1/C=C(\C)OC.O=C1NC(=O)C(C#Cc2cccnc2)N1. The predicted octanol–water partition coefficient (Wildman–Crippen LogP) is 1.07. The van der Waals surface area contributed by atoms with Crippen LogP contribution in [-0.2, 0) is 16.6 Å². The maximum atomic E-state index is 11.8. The molecule has 30 heavy (non-hydrogen) atoms. The van der Waals surface area contributed by atoms with Gasteiger partial charge in [-0.15, -0.1) is 0 Å². The normalized spacial score (nSPS) is 15.0. The van der Waals surface area contributed by atoms with Gasteiger partial charge in [-0.3, -0.25) is 19.9 Å². The van der Waals surface area contributed by atoms with E-state index in [1.165, 1.54) is 10.9 Å². The van der Waals surface area contributed by atoms with Crippen molar-refractivity contribution in [1.82, 2.24) is 25.2 Å². The van der Waals surface area contributed by atoms with Gasteiger partial charge in [-0.05, 0) is 31.2 Å². The van der Waals surface area contributed by atoms with Gasteiger partial charge in [0.05, 0.1) is 30.5 Å². The Morgan fingerprint density at radius 1 is 1.37 bits per heavy atom. The molecular formula is C21H21N5O4. The largest absolute Gasteiger partial charge is 0.501 e. The highest BCUT2D eigenvalue weighted by molar-refractivity contribution is 6.05. The van der Waals surface area contributed by atoms with Gasteiger partial charge in [0.1, 0.15) is 0 Å². The monoisotopic (exact) mass is 407 g/mol. The fourth-order valence-electron chi connectivity index (χ4n) is 2.24. The number of nitrogens with zero attached hydrogens (tertiary/aromatic N) is 3. The quantitative estimate of drug-likeness (QED) is 0.447. The van der Waals surface area contributed by atoms with Gasteiger partial charge in [0.2, 0.25) is 0 Å². The summed E-state index contributed by atoms with van der Waals surface area (Å²) in [5.41, 5.74) is 1.64. The molecule has 0 saturated carbocycles. The van der Waals surface area contributed by atoms with Crippen molar-refractivity contribution in [2.75, 3.05) is 7.11 Å². The van der Waals surface area contributed by atoms with Gasteiger partial charge < -0.3 is 14.6 Å². The molecular weight excluding hydrogens is 386 g/mol. The van der Waals surface area contributed by atoms with E-state index in [1.54, 1.807) is 57.8 Å². The van der Waals surface area contributed by atoms with Crippen molar-refractivity contribution in [3.05, 3.63) is 70.4 Å². The molecule has 9 nitrogen and oxygen atoms in total. The van der Waals surface area contributed by atoms with Crippen molar-refractivity contribution >= 4 is 24.1 Å². The van der Waals surface area contributed by atoms with E-state index in [1.807, 2.05) is 0 Å². The smallest absolute Gasteiger partial charge is 0.322 e. The number of pyridine rings is 1. The molecule has 0 radical (unpaired) electrons. The number of carbonyl (C=O) groups is 2. The second-order valence-electron chi connectivity index (χ2n) is 6.03. The second-order valence-corrected chi connectivity index (χ2v) is 6.03. The molecule has 1 unspecified atom stereocenters. The molecule has 0 aliphatic carbocycles. The summed E-state index contributed by atoms with van der Waals surface area (Å²) in [6.45, 7) is 5.39. The Balaban J connectivity index is 0.000000214. The number of ether oxygens (including phenoxy) is 1. The molecule has 1 atom stereocenters. The van der Waals surface area contributed by atoms with E-state index in [-0.39, 0.29) is 5.56 Å². The molecule has 154 valence electrons. The van der Waals surface area contributed by atoms with Crippen LogP contribution in [0, 0.1) is 11.8 Å². The summed E-state index contributed by atoms with van der Waals surface area (Å²) in [6.07, 6.45) is 7.90. The molecule has 3 amide bonds. The fraction of sp³-hybridized carbons (Fsp3) is 0.190. The standard InChI is InChI=1S/C11H14N2O2.C10H7N3O2/c1-5-10-9(6-8(2)15-4)11(14)13(3)7-12-10;14-9-8(12-10(15)13-9)4-3-7-2-1-5-11-6-7/h5-7H,1H2,2-4H3;1-2,5-6,8H,(H2,12,13,14,15)/b8-6+;. The number of hydrogen-bond donors (Lipinski definition) is 2. The van der Waals surface area contributed by atoms with Crippen LogP contribution in [0.5, 0.6) is 0 Å². The van der Waals surface area contributed by atoms with Crippen LogP contribution in [0.1, 0.15) is 23.7 Å². The third kappa shape index (κ3) is 5.90. The van der Waals surface area contributed by atoms with Crippen molar-refractivity contribution in [2.24, 2.45) is 7.05 Å². The van der Waals surface area contributed by atoms with E-state index < -0.39 is 18.0 Å². The van der Waals surface area contributed by atoms with Crippen LogP contribution in [-0.4, -0.2) is 39.6 Å². The summed E-state index contributed by atoms with van der Waals surface area (Å²) in [5.74, 6) is 5.63. The Labute approximate surface area is 173 Å². The Hall–Kier alpha value is -4.19. The van der Waals surface area contributed by atoms with Gasteiger partial charge in [0, 0.05) is 25.0 Å². The molecule has 2 aromatic rings. The lowest BCUT2D eigenvalue weighted by Crippen LogP contribution is -2.26. The van der Waals surface area contributed by atoms with Crippen molar-refractivity contribution in [3.63, 3.8) is 0 Å². The summed E-state index contributed by atoms with van der Waals surface area (Å²) >= 11 is 0.